The first-order chi connectivity index (χ1) is 15.2. The third-order valence-electron chi connectivity index (χ3n) is 5.47. The summed E-state index contributed by atoms with van der Waals surface area (Å²) in [5.74, 6) is 1.73. The zero-order chi connectivity index (χ0) is 21.2. The van der Waals surface area contributed by atoms with E-state index < -0.39 is 0 Å². The van der Waals surface area contributed by atoms with Gasteiger partial charge in [-0.2, -0.15) is 0 Å². The summed E-state index contributed by atoms with van der Waals surface area (Å²) in [6, 6.07) is 9.89. The topological polar surface area (TPSA) is 84.3 Å². The second-order valence-corrected chi connectivity index (χ2v) is 8.80. The fourth-order valence-electron chi connectivity index (χ4n) is 3.84. The van der Waals surface area contributed by atoms with Crippen LogP contribution in [0.5, 0.6) is 0 Å². The van der Waals surface area contributed by atoms with Crippen LogP contribution in [0.3, 0.4) is 0 Å². The second kappa shape index (κ2) is 8.70. The van der Waals surface area contributed by atoms with Gasteiger partial charge in [-0.1, -0.05) is 35.5 Å². The molecule has 1 fully saturated rings. The van der Waals surface area contributed by atoms with Crippen molar-refractivity contribution in [1.82, 2.24) is 30.1 Å². The van der Waals surface area contributed by atoms with Crippen molar-refractivity contribution in [2.75, 3.05) is 26.2 Å². The molecule has 0 unspecified atom stereocenters. The van der Waals surface area contributed by atoms with Crippen molar-refractivity contribution in [3.05, 3.63) is 58.1 Å². The van der Waals surface area contributed by atoms with E-state index in [1.54, 1.807) is 11.3 Å². The molecule has 0 atom stereocenters. The number of aryl methyl sites for hydroxylation is 2. The summed E-state index contributed by atoms with van der Waals surface area (Å²) in [6.07, 6.45) is 0. The standard InChI is InChI=1S/C22H24N6O2S/c1-15-20(21(26-30-15)17-6-4-3-5-7-17)22-25-24-19(29-22)13-28-10-8-27(9-11-28)12-18-14-31-16(2)23-18/h3-7,14H,8-13H2,1-2H3. The van der Waals surface area contributed by atoms with E-state index in [4.69, 9.17) is 8.94 Å². The van der Waals surface area contributed by atoms with Gasteiger partial charge in [-0.05, 0) is 13.8 Å². The van der Waals surface area contributed by atoms with Crippen LogP contribution in [0, 0.1) is 13.8 Å². The molecule has 4 aromatic rings. The maximum absolute atomic E-state index is 6.01. The molecule has 1 saturated heterocycles. The highest BCUT2D eigenvalue weighted by atomic mass is 32.1. The van der Waals surface area contributed by atoms with Crippen LogP contribution >= 0.6 is 11.3 Å². The molecular weight excluding hydrogens is 412 g/mol. The van der Waals surface area contributed by atoms with Crippen molar-refractivity contribution >= 4 is 11.3 Å². The molecule has 9 heteroatoms. The highest BCUT2D eigenvalue weighted by Crippen LogP contribution is 2.33. The molecule has 0 radical (unpaired) electrons. The zero-order valence-electron chi connectivity index (χ0n) is 17.6. The van der Waals surface area contributed by atoms with Gasteiger partial charge in [0, 0.05) is 43.7 Å². The van der Waals surface area contributed by atoms with E-state index >= 15 is 0 Å². The van der Waals surface area contributed by atoms with Gasteiger partial charge in [0.05, 0.1) is 17.2 Å². The summed E-state index contributed by atoms with van der Waals surface area (Å²) >= 11 is 1.71. The minimum Gasteiger partial charge on any atom is -0.419 e. The van der Waals surface area contributed by atoms with Crippen LogP contribution in [0.25, 0.3) is 22.7 Å². The minimum atomic E-state index is 0.449. The van der Waals surface area contributed by atoms with Gasteiger partial charge in [0.1, 0.15) is 17.0 Å². The van der Waals surface area contributed by atoms with Crippen LogP contribution < -0.4 is 0 Å². The van der Waals surface area contributed by atoms with Crippen molar-refractivity contribution in [3.63, 3.8) is 0 Å². The molecule has 160 valence electrons. The van der Waals surface area contributed by atoms with E-state index in [1.165, 1.54) is 0 Å². The minimum absolute atomic E-state index is 0.449. The molecule has 0 amide bonds. The van der Waals surface area contributed by atoms with Gasteiger partial charge in [0.2, 0.25) is 5.89 Å². The smallest absolute Gasteiger partial charge is 0.253 e. The number of hydrogen-bond donors (Lipinski definition) is 0. The summed E-state index contributed by atoms with van der Waals surface area (Å²) in [5, 5.41) is 16.0. The van der Waals surface area contributed by atoms with Gasteiger partial charge in [-0.25, -0.2) is 4.98 Å². The van der Waals surface area contributed by atoms with Crippen LogP contribution in [0.2, 0.25) is 0 Å². The predicted molar refractivity (Wildman–Crippen MR) is 117 cm³/mol. The summed E-state index contributed by atoms with van der Waals surface area (Å²) in [4.78, 5) is 9.36. The van der Waals surface area contributed by atoms with Crippen LogP contribution in [-0.4, -0.2) is 56.3 Å². The molecule has 1 aliphatic heterocycles. The van der Waals surface area contributed by atoms with Crippen molar-refractivity contribution in [2.24, 2.45) is 0 Å². The predicted octanol–water partition coefficient (Wildman–Crippen LogP) is 3.78. The summed E-state index contributed by atoms with van der Waals surface area (Å²) in [5.41, 5.74) is 3.60. The van der Waals surface area contributed by atoms with Crippen molar-refractivity contribution < 1.29 is 8.94 Å². The molecule has 5 rings (SSSR count). The van der Waals surface area contributed by atoms with E-state index in [0.29, 0.717) is 24.1 Å². The number of rotatable bonds is 6. The highest BCUT2D eigenvalue weighted by Gasteiger charge is 2.24. The van der Waals surface area contributed by atoms with Gasteiger partial charge >= 0.3 is 0 Å². The van der Waals surface area contributed by atoms with E-state index in [0.717, 1.165) is 60.2 Å². The average molecular weight is 437 g/mol. The Bertz CT molecular complexity index is 1140. The van der Waals surface area contributed by atoms with Crippen LogP contribution in [0.1, 0.15) is 22.4 Å². The maximum atomic E-state index is 6.01. The number of piperazine rings is 1. The summed E-state index contributed by atoms with van der Waals surface area (Å²) in [7, 11) is 0. The monoisotopic (exact) mass is 436 g/mol. The highest BCUT2D eigenvalue weighted by molar-refractivity contribution is 7.09. The fraction of sp³-hybridized carbons (Fsp3) is 0.364. The van der Waals surface area contributed by atoms with E-state index in [-0.39, 0.29) is 0 Å². The lowest BCUT2D eigenvalue weighted by Crippen LogP contribution is -2.45. The van der Waals surface area contributed by atoms with Gasteiger partial charge < -0.3 is 8.94 Å². The molecule has 1 aromatic carbocycles. The SMILES string of the molecule is Cc1nc(CN2CCN(Cc3nnc(-c4c(-c5ccccc5)noc4C)o3)CC2)cs1. The molecular formula is C22H24N6O2S. The Morgan fingerprint density at radius 3 is 2.42 bits per heavy atom. The van der Waals surface area contributed by atoms with Crippen molar-refractivity contribution in [1.29, 1.82) is 0 Å². The van der Waals surface area contributed by atoms with Crippen LogP contribution in [0.4, 0.5) is 0 Å². The molecule has 0 spiro atoms. The first-order valence-corrected chi connectivity index (χ1v) is 11.2. The lowest BCUT2D eigenvalue weighted by Gasteiger charge is -2.33. The number of thiazole rings is 1. The number of hydrogen-bond acceptors (Lipinski definition) is 9. The Labute approximate surface area is 184 Å². The van der Waals surface area contributed by atoms with Gasteiger partial charge in [-0.3, -0.25) is 9.80 Å². The third-order valence-corrected chi connectivity index (χ3v) is 6.29. The maximum Gasteiger partial charge on any atom is 0.253 e. The largest absolute Gasteiger partial charge is 0.419 e. The summed E-state index contributed by atoms with van der Waals surface area (Å²) in [6.45, 7) is 9.39. The number of benzene rings is 1. The van der Waals surface area contributed by atoms with E-state index in [2.05, 4.69) is 42.4 Å². The molecule has 0 saturated carbocycles. The molecule has 8 nitrogen and oxygen atoms in total. The molecule has 31 heavy (non-hydrogen) atoms. The number of nitrogens with zero attached hydrogens (tertiary/aromatic N) is 6. The normalized spacial score (nSPS) is 15.5. The van der Waals surface area contributed by atoms with Gasteiger partial charge in [-0.15, -0.1) is 21.5 Å². The Hall–Kier alpha value is -2.88. The number of aromatic nitrogens is 4. The molecule has 3 aromatic heterocycles. The zero-order valence-corrected chi connectivity index (χ0v) is 18.4. The van der Waals surface area contributed by atoms with Gasteiger partial charge in [0.15, 0.2) is 0 Å². The Kier molecular flexibility index (Phi) is 5.63. The average Bonchev–Trinajstić information content (AvgIpc) is 3.50. The van der Waals surface area contributed by atoms with E-state index in [9.17, 15) is 0 Å². The third kappa shape index (κ3) is 4.43. The second-order valence-electron chi connectivity index (χ2n) is 7.74. The Morgan fingerprint density at radius 1 is 0.968 bits per heavy atom. The molecule has 0 N–H and O–H groups in total. The molecule has 0 bridgehead atoms. The summed E-state index contributed by atoms with van der Waals surface area (Å²) < 4.78 is 11.4. The van der Waals surface area contributed by atoms with Crippen molar-refractivity contribution in [3.8, 4) is 22.7 Å². The molecule has 1 aliphatic rings. The Morgan fingerprint density at radius 2 is 1.71 bits per heavy atom. The van der Waals surface area contributed by atoms with Crippen LogP contribution in [0.15, 0.2) is 44.7 Å². The van der Waals surface area contributed by atoms with Crippen molar-refractivity contribution in [2.45, 2.75) is 26.9 Å². The lowest BCUT2D eigenvalue weighted by atomic mass is 10.1. The van der Waals surface area contributed by atoms with E-state index in [1.807, 2.05) is 37.3 Å². The van der Waals surface area contributed by atoms with Crippen LogP contribution in [-0.2, 0) is 13.1 Å². The van der Waals surface area contributed by atoms with Gasteiger partial charge in [0.25, 0.3) is 5.89 Å². The lowest BCUT2D eigenvalue weighted by molar-refractivity contribution is 0.114. The first-order valence-electron chi connectivity index (χ1n) is 10.4. The fourth-order valence-corrected chi connectivity index (χ4v) is 4.45. The molecule has 4 heterocycles. The Balaban J connectivity index is 1.23. The quantitative estimate of drug-likeness (QED) is 0.451. The molecule has 0 aliphatic carbocycles. The first kappa shape index (κ1) is 20.0.